The van der Waals surface area contributed by atoms with Gasteiger partial charge >= 0.3 is 0 Å². The van der Waals surface area contributed by atoms with Crippen molar-refractivity contribution in [3.63, 3.8) is 0 Å². The number of ether oxygens (including phenoxy) is 1. The number of aryl methyl sites for hydroxylation is 1. The Balaban J connectivity index is 2.12. The molecule has 1 N–H and O–H groups in total. The van der Waals surface area contributed by atoms with Crippen LogP contribution in [0.2, 0.25) is 0 Å². The molecule has 0 aliphatic rings. The highest BCUT2D eigenvalue weighted by atomic mass is 19.1. The van der Waals surface area contributed by atoms with Crippen molar-refractivity contribution in [1.29, 1.82) is 0 Å². The third kappa shape index (κ3) is 4.32. The minimum Gasteiger partial charge on any atom is -0.493 e. The van der Waals surface area contributed by atoms with Crippen molar-refractivity contribution in [2.75, 3.05) is 11.9 Å². The number of nitrogens with one attached hydrogen (secondary N) is 1. The lowest BCUT2D eigenvalue weighted by molar-refractivity contribution is 0.102. The fourth-order valence-corrected chi connectivity index (χ4v) is 1.91. The lowest BCUT2D eigenvalue weighted by atomic mass is 10.1. The highest BCUT2D eigenvalue weighted by Crippen LogP contribution is 2.19. The number of halogens is 1. The molecule has 0 radical (unpaired) electrons. The van der Waals surface area contributed by atoms with Gasteiger partial charge in [0.25, 0.3) is 5.91 Å². The maximum atomic E-state index is 13.3. The standard InChI is InChI=1S/C18H20FNO2/c1-12(2)11-22-16-6-4-5-14(9-16)18(21)20-17-10-15(19)8-7-13(17)3/h4-10,12H,11H2,1-3H3,(H,20,21). The summed E-state index contributed by atoms with van der Waals surface area (Å²) in [5.41, 5.74) is 1.75. The predicted octanol–water partition coefficient (Wildman–Crippen LogP) is 4.42. The Morgan fingerprint density at radius 1 is 1.23 bits per heavy atom. The summed E-state index contributed by atoms with van der Waals surface area (Å²) in [5.74, 6) is 0.392. The Hall–Kier alpha value is -2.36. The molecule has 3 nitrogen and oxygen atoms in total. The second kappa shape index (κ2) is 7.07. The van der Waals surface area contributed by atoms with Crippen LogP contribution in [0, 0.1) is 18.7 Å². The SMILES string of the molecule is Cc1ccc(F)cc1NC(=O)c1cccc(OCC(C)C)c1. The summed E-state index contributed by atoms with van der Waals surface area (Å²) < 4.78 is 18.9. The average Bonchev–Trinajstić information content (AvgIpc) is 2.49. The van der Waals surface area contributed by atoms with Crippen LogP contribution < -0.4 is 10.1 Å². The molecule has 0 aromatic heterocycles. The molecule has 4 heteroatoms. The summed E-state index contributed by atoms with van der Waals surface area (Å²) in [4.78, 5) is 12.3. The van der Waals surface area contributed by atoms with Gasteiger partial charge in [-0.2, -0.15) is 0 Å². The maximum absolute atomic E-state index is 13.3. The Morgan fingerprint density at radius 3 is 2.73 bits per heavy atom. The highest BCUT2D eigenvalue weighted by molar-refractivity contribution is 6.04. The molecular weight excluding hydrogens is 281 g/mol. The molecule has 0 bridgehead atoms. The van der Waals surface area contributed by atoms with Gasteiger partial charge in [-0.3, -0.25) is 4.79 Å². The Bertz CT molecular complexity index is 668. The van der Waals surface area contributed by atoms with Crippen LogP contribution in [0.4, 0.5) is 10.1 Å². The second-order valence-electron chi connectivity index (χ2n) is 5.65. The fraction of sp³-hybridized carbons (Fsp3) is 0.278. The zero-order valence-electron chi connectivity index (χ0n) is 13.0. The van der Waals surface area contributed by atoms with Crippen molar-refractivity contribution in [2.45, 2.75) is 20.8 Å². The minimum absolute atomic E-state index is 0.288. The normalized spacial score (nSPS) is 10.6. The van der Waals surface area contributed by atoms with Crippen LogP contribution >= 0.6 is 0 Å². The van der Waals surface area contributed by atoms with E-state index < -0.39 is 0 Å². The zero-order chi connectivity index (χ0) is 16.1. The third-order valence-electron chi connectivity index (χ3n) is 3.13. The molecule has 0 saturated heterocycles. The van der Waals surface area contributed by atoms with Crippen molar-refractivity contribution in [2.24, 2.45) is 5.92 Å². The fourth-order valence-electron chi connectivity index (χ4n) is 1.91. The number of carbonyl (C=O) groups excluding carboxylic acids is 1. The first kappa shape index (κ1) is 16.0. The van der Waals surface area contributed by atoms with E-state index in [1.54, 1.807) is 24.3 Å². The predicted molar refractivity (Wildman–Crippen MR) is 85.9 cm³/mol. The summed E-state index contributed by atoms with van der Waals surface area (Å²) in [7, 11) is 0. The monoisotopic (exact) mass is 301 g/mol. The molecule has 0 saturated carbocycles. The molecule has 0 aliphatic carbocycles. The lowest BCUT2D eigenvalue weighted by Gasteiger charge is -2.11. The van der Waals surface area contributed by atoms with Gasteiger partial charge in [0.05, 0.1) is 6.61 Å². The average molecular weight is 301 g/mol. The number of hydrogen-bond donors (Lipinski definition) is 1. The van der Waals surface area contributed by atoms with Gasteiger partial charge in [0.2, 0.25) is 0 Å². The van der Waals surface area contributed by atoms with Gasteiger partial charge < -0.3 is 10.1 Å². The summed E-state index contributed by atoms with van der Waals surface area (Å²) >= 11 is 0. The first-order valence-electron chi connectivity index (χ1n) is 7.26. The molecule has 2 rings (SSSR count). The molecule has 2 aromatic carbocycles. The molecule has 0 fully saturated rings. The van der Waals surface area contributed by atoms with E-state index in [1.165, 1.54) is 12.1 Å². The van der Waals surface area contributed by atoms with Crippen LogP contribution in [0.25, 0.3) is 0 Å². The first-order valence-corrected chi connectivity index (χ1v) is 7.26. The molecule has 0 atom stereocenters. The molecule has 1 amide bonds. The Kier molecular flexibility index (Phi) is 5.15. The van der Waals surface area contributed by atoms with E-state index in [1.807, 2.05) is 13.0 Å². The van der Waals surface area contributed by atoms with Crippen LogP contribution in [0.3, 0.4) is 0 Å². The number of carbonyl (C=O) groups is 1. The van der Waals surface area contributed by atoms with E-state index in [0.29, 0.717) is 29.5 Å². The van der Waals surface area contributed by atoms with Crippen LogP contribution in [0.15, 0.2) is 42.5 Å². The van der Waals surface area contributed by atoms with E-state index in [2.05, 4.69) is 19.2 Å². The van der Waals surface area contributed by atoms with E-state index in [0.717, 1.165) is 5.56 Å². The lowest BCUT2D eigenvalue weighted by Crippen LogP contribution is -2.13. The molecular formula is C18H20FNO2. The van der Waals surface area contributed by atoms with E-state index in [9.17, 15) is 9.18 Å². The molecule has 22 heavy (non-hydrogen) atoms. The summed E-state index contributed by atoms with van der Waals surface area (Å²) in [6.45, 7) is 6.53. The van der Waals surface area contributed by atoms with Gasteiger partial charge in [-0.05, 0) is 48.7 Å². The smallest absolute Gasteiger partial charge is 0.255 e. The number of rotatable bonds is 5. The van der Waals surface area contributed by atoms with E-state index in [4.69, 9.17) is 4.74 Å². The number of hydrogen-bond acceptors (Lipinski definition) is 2. The summed E-state index contributed by atoms with van der Waals surface area (Å²) in [6, 6.07) is 11.3. The number of benzene rings is 2. The van der Waals surface area contributed by atoms with Crippen LogP contribution in [0.5, 0.6) is 5.75 Å². The zero-order valence-corrected chi connectivity index (χ0v) is 13.0. The van der Waals surface area contributed by atoms with Crippen molar-refractivity contribution in [1.82, 2.24) is 0 Å². The van der Waals surface area contributed by atoms with Crippen molar-refractivity contribution in [3.8, 4) is 5.75 Å². The highest BCUT2D eigenvalue weighted by Gasteiger charge is 2.10. The molecule has 0 unspecified atom stereocenters. The van der Waals surface area contributed by atoms with Gasteiger partial charge in [-0.25, -0.2) is 4.39 Å². The number of amides is 1. The van der Waals surface area contributed by atoms with Crippen LogP contribution in [-0.2, 0) is 0 Å². The molecule has 116 valence electrons. The Morgan fingerprint density at radius 2 is 2.00 bits per heavy atom. The maximum Gasteiger partial charge on any atom is 0.255 e. The molecule has 0 spiro atoms. The summed E-state index contributed by atoms with van der Waals surface area (Å²) in [5, 5.41) is 2.72. The van der Waals surface area contributed by atoms with Crippen LogP contribution in [0.1, 0.15) is 29.8 Å². The molecule has 2 aromatic rings. The number of anilines is 1. The largest absolute Gasteiger partial charge is 0.493 e. The Labute approximate surface area is 130 Å². The van der Waals surface area contributed by atoms with Gasteiger partial charge in [0.1, 0.15) is 11.6 Å². The van der Waals surface area contributed by atoms with Gasteiger partial charge in [-0.1, -0.05) is 26.0 Å². The van der Waals surface area contributed by atoms with Gasteiger partial charge in [-0.15, -0.1) is 0 Å². The quantitative estimate of drug-likeness (QED) is 0.887. The van der Waals surface area contributed by atoms with Crippen molar-refractivity contribution in [3.05, 3.63) is 59.4 Å². The molecule has 0 aliphatic heterocycles. The van der Waals surface area contributed by atoms with Crippen molar-refractivity contribution < 1.29 is 13.9 Å². The minimum atomic E-state index is -0.380. The van der Waals surface area contributed by atoms with E-state index >= 15 is 0 Å². The second-order valence-corrected chi connectivity index (χ2v) is 5.65. The molecule has 0 heterocycles. The first-order chi connectivity index (χ1) is 10.5. The topological polar surface area (TPSA) is 38.3 Å². The van der Waals surface area contributed by atoms with Gasteiger partial charge in [0.15, 0.2) is 0 Å². The summed E-state index contributed by atoms with van der Waals surface area (Å²) in [6.07, 6.45) is 0. The third-order valence-corrected chi connectivity index (χ3v) is 3.13. The van der Waals surface area contributed by atoms with Crippen molar-refractivity contribution >= 4 is 11.6 Å². The van der Waals surface area contributed by atoms with E-state index in [-0.39, 0.29) is 11.7 Å². The van der Waals surface area contributed by atoms with Crippen LogP contribution in [-0.4, -0.2) is 12.5 Å². The van der Waals surface area contributed by atoms with Gasteiger partial charge in [0, 0.05) is 11.3 Å².